The minimum Gasteiger partial charge on any atom is -0.393 e. The van der Waals surface area contributed by atoms with Crippen molar-refractivity contribution in [1.82, 2.24) is 9.55 Å². The smallest absolute Gasteiger partial charge is 0.174 e. The van der Waals surface area contributed by atoms with Gasteiger partial charge in [-0.05, 0) is 6.42 Å². The van der Waals surface area contributed by atoms with Crippen molar-refractivity contribution >= 4 is 11.7 Å². The van der Waals surface area contributed by atoms with Crippen molar-refractivity contribution in [2.24, 2.45) is 10.7 Å². The minimum absolute atomic E-state index is 0.0859. The second-order valence-corrected chi connectivity index (χ2v) is 4.97. The Balaban J connectivity index is 2.38. The first-order chi connectivity index (χ1) is 9.91. The van der Waals surface area contributed by atoms with Gasteiger partial charge in [0.2, 0.25) is 0 Å². The third kappa shape index (κ3) is 2.27. The summed E-state index contributed by atoms with van der Waals surface area (Å²) in [5.74, 6) is 0.201. The van der Waals surface area contributed by atoms with Crippen LogP contribution in [0.1, 0.15) is 25.3 Å². The quantitative estimate of drug-likeness (QED) is 0.424. The first-order valence-corrected chi connectivity index (χ1v) is 6.57. The van der Waals surface area contributed by atoms with Crippen LogP contribution in [0.15, 0.2) is 11.3 Å². The third-order valence-electron chi connectivity index (χ3n) is 3.92. The molecular formula is C12H20FN5O3. The van der Waals surface area contributed by atoms with Crippen molar-refractivity contribution < 1.29 is 19.3 Å². The number of nitrogens with two attached hydrogens (primary N) is 2. The molecule has 0 unspecified atom stereocenters. The molecule has 2 rings (SSSR count). The normalized spacial score (nSPS) is 33.6. The number of ether oxygens (including phenoxy) is 1. The lowest BCUT2D eigenvalue weighted by Gasteiger charge is -2.28. The molecule has 2 heterocycles. The number of aliphatic imine (C=N–C) groups is 1. The van der Waals surface area contributed by atoms with Crippen LogP contribution in [0.2, 0.25) is 0 Å². The zero-order valence-electron chi connectivity index (χ0n) is 11.9. The number of nitrogens with zero attached hydrogens (tertiary/aromatic N) is 3. The van der Waals surface area contributed by atoms with Gasteiger partial charge < -0.3 is 26.4 Å². The molecule has 0 radical (unpaired) electrons. The van der Waals surface area contributed by atoms with Gasteiger partial charge in [0, 0.05) is 7.05 Å². The monoisotopic (exact) mass is 301 g/mol. The molecule has 0 bridgehead atoms. The highest BCUT2D eigenvalue weighted by atomic mass is 19.1. The zero-order chi connectivity index (χ0) is 15.8. The summed E-state index contributed by atoms with van der Waals surface area (Å²) < 4.78 is 21.2. The molecule has 21 heavy (non-hydrogen) atoms. The Bertz CT molecular complexity index is 543. The van der Waals surface area contributed by atoms with Crippen molar-refractivity contribution in [3.05, 3.63) is 12.0 Å². The van der Waals surface area contributed by atoms with E-state index in [0.717, 1.165) is 0 Å². The predicted molar refractivity (Wildman–Crippen MR) is 74.4 cm³/mol. The molecule has 1 aliphatic heterocycles. The van der Waals surface area contributed by atoms with Gasteiger partial charge in [-0.15, -0.1) is 0 Å². The second kappa shape index (κ2) is 5.58. The molecule has 9 heteroatoms. The lowest BCUT2D eigenvalue weighted by Crippen LogP contribution is -2.44. The largest absolute Gasteiger partial charge is 0.393 e. The van der Waals surface area contributed by atoms with Crippen molar-refractivity contribution in [3.8, 4) is 0 Å². The number of aliphatic hydroxyl groups excluding tert-OH is 2. The van der Waals surface area contributed by atoms with E-state index in [9.17, 15) is 14.6 Å². The summed E-state index contributed by atoms with van der Waals surface area (Å²) in [6.07, 6.45) is -2.86. The molecule has 6 N–H and O–H groups in total. The zero-order valence-corrected chi connectivity index (χ0v) is 11.9. The first-order valence-electron chi connectivity index (χ1n) is 6.57. The Morgan fingerprint density at radius 3 is 2.81 bits per heavy atom. The van der Waals surface area contributed by atoms with Gasteiger partial charge in [-0.25, -0.2) is 9.37 Å². The number of rotatable bonds is 4. The molecule has 8 nitrogen and oxygen atoms in total. The molecule has 1 saturated heterocycles. The average Bonchev–Trinajstić information content (AvgIpc) is 2.99. The van der Waals surface area contributed by atoms with Crippen LogP contribution in [0.3, 0.4) is 0 Å². The van der Waals surface area contributed by atoms with E-state index >= 15 is 0 Å². The molecule has 0 spiro atoms. The van der Waals surface area contributed by atoms with Crippen molar-refractivity contribution in [1.29, 1.82) is 0 Å². The Morgan fingerprint density at radius 1 is 1.67 bits per heavy atom. The van der Waals surface area contributed by atoms with Crippen molar-refractivity contribution in [2.45, 2.75) is 37.4 Å². The van der Waals surface area contributed by atoms with Crippen LogP contribution in [0.5, 0.6) is 0 Å². The van der Waals surface area contributed by atoms with Crippen LogP contribution in [0.4, 0.5) is 10.2 Å². The van der Waals surface area contributed by atoms with Crippen LogP contribution in [0.25, 0.3) is 0 Å². The molecule has 1 fully saturated rings. The molecular weight excluding hydrogens is 281 g/mol. The van der Waals surface area contributed by atoms with E-state index in [1.807, 2.05) is 0 Å². The summed E-state index contributed by atoms with van der Waals surface area (Å²) in [5.41, 5.74) is 10.4. The van der Waals surface area contributed by atoms with Gasteiger partial charge in [-0.2, -0.15) is 0 Å². The molecule has 0 aliphatic carbocycles. The summed E-state index contributed by atoms with van der Waals surface area (Å²) in [7, 11) is 1.48. The second-order valence-electron chi connectivity index (χ2n) is 4.97. The fraction of sp³-hybridized carbons (Fsp3) is 0.667. The van der Waals surface area contributed by atoms with E-state index in [1.165, 1.54) is 17.9 Å². The number of amidine groups is 1. The minimum atomic E-state index is -1.75. The Kier molecular flexibility index (Phi) is 4.17. The number of hydrogen-bond donors (Lipinski definition) is 4. The fourth-order valence-corrected chi connectivity index (χ4v) is 2.44. The Morgan fingerprint density at radius 2 is 2.33 bits per heavy atom. The van der Waals surface area contributed by atoms with Crippen LogP contribution in [0, 0.1) is 0 Å². The highest BCUT2D eigenvalue weighted by Gasteiger charge is 2.55. The molecule has 1 aromatic rings. The SMILES string of the molecule is CC[C@]1(CO)O[C@@H](n2cnc(C(N)=NC)c2N)[C@H](F)[C@@H]1O. The highest BCUT2D eigenvalue weighted by Crippen LogP contribution is 2.41. The number of alkyl halides is 1. The summed E-state index contributed by atoms with van der Waals surface area (Å²) >= 11 is 0. The molecule has 0 amide bonds. The van der Waals surface area contributed by atoms with E-state index in [2.05, 4.69) is 9.98 Å². The van der Waals surface area contributed by atoms with E-state index in [0.29, 0.717) is 0 Å². The summed E-state index contributed by atoms with van der Waals surface area (Å²) in [6.45, 7) is 1.20. The van der Waals surface area contributed by atoms with Gasteiger partial charge in [-0.1, -0.05) is 6.92 Å². The van der Waals surface area contributed by atoms with E-state index in [4.69, 9.17) is 16.2 Å². The highest BCUT2D eigenvalue weighted by molar-refractivity contribution is 5.99. The maximum Gasteiger partial charge on any atom is 0.174 e. The Labute approximate surface area is 121 Å². The molecule has 118 valence electrons. The van der Waals surface area contributed by atoms with Crippen LogP contribution in [-0.2, 0) is 4.74 Å². The number of anilines is 1. The number of nitrogen functional groups attached to an aromatic ring is 1. The molecule has 1 aliphatic rings. The lowest BCUT2D eigenvalue weighted by molar-refractivity contribution is -0.129. The van der Waals surface area contributed by atoms with E-state index in [1.54, 1.807) is 6.92 Å². The summed E-state index contributed by atoms with van der Waals surface area (Å²) in [6, 6.07) is 0. The maximum atomic E-state index is 14.4. The first kappa shape index (κ1) is 15.7. The number of imidazole rings is 1. The number of halogens is 1. The Hall–Kier alpha value is -1.71. The molecule has 0 aromatic carbocycles. The van der Waals surface area contributed by atoms with Gasteiger partial charge in [-0.3, -0.25) is 9.56 Å². The third-order valence-corrected chi connectivity index (χ3v) is 3.92. The van der Waals surface area contributed by atoms with Crippen molar-refractivity contribution in [2.75, 3.05) is 19.4 Å². The van der Waals surface area contributed by atoms with E-state index in [-0.39, 0.29) is 23.8 Å². The van der Waals surface area contributed by atoms with Gasteiger partial charge in [0.05, 0.1) is 12.9 Å². The predicted octanol–water partition coefficient (Wildman–Crippen LogP) is -0.831. The fourth-order valence-electron chi connectivity index (χ4n) is 2.44. The molecule has 0 saturated carbocycles. The van der Waals surface area contributed by atoms with Crippen molar-refractivity contribution in [3.63, 3.8) is 0 Å². The topological polar surface area (TPSA) is 132 Å². The number of aliphatic hydroxyl groups is 2. The van der Waals surface area contributed by atoms with Crippen LogP contribution in [-0.4, -0.2) is 57.1 Å². The summed E-state index contributed by atoms with van der Waals surface area (Å²) in [5, 5.41) is 19.4. The maximum absolute atomic E-state index is 14.4. The van der Waals surface area contributed by atoms with Crippen LogP contribution < -0.4 is 11.5 Å². The van der Waals surface area contributed by atoms with Crippen LogP contribution >= 0.6 is 0 Å². The molecule has 4 atom stereocenters. The van der Waals surface area contributed by atoms with Gasteiger partial charge >= 0.3 is 0 Å². The standard InChI is InChI=1S/C12H20FN5O3/c1-3-12(4-19)8(20)6(13)11(21-12)18-5-17-7(10(18)15)9(14)16-2/h5-6,8,11,19-20H,3-4,15H2,1-2H3,(H2,14,16)/t6-,8+,11-,12-/m1/s1. The average molecular weight is 301 g/mol. The molecule has 1 aromatic heterocycles. The van der Waals surface area contributed by atoms with Gasteiger partial charge in [0.25, 0.3) is 0 Å². The lowest BCUT2D eigenvalue weighted by atomic mass is 9.94. The van der Waals surface area contributed by atoms with Gasteiger partial charge in [0.15, 0.2) is 12.4 Å². The number of hydrogen-bond acceptors (Lipinski definition) is 6. The number of aromatic nitrogens is 2. The van der Waals surface area contributed by atoms with Gasteiger partial charge in [0.1, 0.15) is 29.1 Å². The summed E-state index contributed by atoms with van der Waals surface area (Å²) in [4.78, 5) is 7.75. The van der Waals surface area contributed by atoms with E-state index < -0.39 is 30.7 Å².